The minimum atomic E-state index is -3.16. The van der Waals surface area contributed by atoms with E-state index in [1.54, 1.807) is 0 Å². The van der Waals surface area contributed by atoms with Crippen LogP contribution in [0.15, 0.2) is 24.3 Å². The Hall–Kier alpha value is -1.56. The van der Waals surface area contributed by atoms with Gasteiger partial charge in [0.15, 0.2) is 9.84 Å². The first kappa shape index (κ1) is 13.9. The largest absolute Gasteiger partial charge is 0.459 e. The van der Waals surface area contributed by atoms with Crippen molar-refractivity contribution in [1.29, 1.82) is 0 Å². The molecule has 0 aromatic heterocycles. The van der Waals surface area contributed by atoms with Crippen LogP contribution in [0.25, 0.3) is 0 Å². The lowest BCUT2D eigenvalue weighted by Crippen LogP contribution is -2.35. The maximum Gasteiger partial charge on any atom is 0.303 e. The number of benzene rings is 1. The van der Waals surface area contributed by atoms with Crippen LogP contribution in [0, 0.1) is 6.92 Å². The van der Waals surface area contributed by atoms with Crippen molar-refractivity contribution < 1.29 is 17.9 Å². The Morgan fingerprint density at radius 2 is 2.11 bits per heavy atom. The summed E-state index contributed by atoms with van der Waals surface area (Å²) in [5.74, 6) is -0.590. The minimum absolute atomic E-state index is 0.0150. The molecule has 1 fully saturated rings. The predicted molar refractivity (Wildman–Crippen MR) is 72.8 cm³/mol. The third-order valence-corrected chi connectivity index (χ3v) is 4.69. The summed E-state index contributed by atoms with van der Waals surface area (Å²) in [6, 6.07) is 7.25. The number of aryl methyl sites for hydroxylation is 1. The zero-order valence-corrected chi connectivity index (χ0v) is 11.7. The van der Waals surface area contributed by atoms with Crippen LogP contribution in [0.5, 0.6) is 0 Å². The van der Waals surface area contributed by atoms with Gasteiger partial charge in [-0.2, -0.15) is 0 Å². The maximum atomic E-state index is 11.7. The highest BCUT2D eigenvalue weighted by molar-refractivity contribution is 7.91. The Morgan fingerprint density at radius 3 is 2.74 bits per heavy atom. The standard InChI is InChI=1S/C13H17NO4S/c1-9-4-3-5-11(6-9)14-12-7-19(16,17)8-13(12)18-10(2)15/h3-6,12-14H,7-8H2,1-2H3. The summed E-state index contributed by atoms with van der Waals surface area (Å²) in [6.45, 7) is 3.24. The van der Waals surface area contributed by atoms with E-state index in [1.165, 1.54) is 6.92 Å². The second kappa shape index (κ2) is 5.21. The second-order valence-electron chi connectivity index (χ2n) is 4.85. The Balaban J connectivity index is 2.15. The zero-order valence-electron chi connectivity index (χ0n) is 10.9. The number of carbonyl (C=O) groups excluding carboxylic acids is 1. The number of rotatable bonds is 3. The number of carbonyl (C=O) groups is 1. The number of esters is 1. The van der Waals surface area contributed by atoms with E-state index in [1.807, 2.05) is 31.2 Å². The van der Waals surface area contributed by atoms with E-state index in [0.717, 1.165) is 11.3 Å². The molecule has 2 rings (SSSR count). The summed E-state index contributed by atoms with van der Waals surface area (Å²) < 4.78 is 28.4. The molecule has 1 aromatic carbocycles. The summed E-state index contributed by atoms with van der Waals surface area (Å²) >= 11 is 0. The number of hydrogen-bond donors (Lipinski definition) is 1. The summed E-state index contributed by atoms with van der Waals surface area (Å²) in [4.78, 5) is 11.0. The first-order chi connectivity index (χ1) is 8.85. The first-order valence-electron chi connectivity index (χ1n) is 6.06. The number of ether oxygens (including phenoxy) is 1. The normalized spacial score (nSPS) is 24.9. The van der Waals surface area contributed by atoms with Crippen molar-refractivity contribution in [2.45, 2.75) is 26.0 Å². The summed E-state index contributed by atoms with van der Waals surface area (Å²) in [6.07, 6.45) is -0.622. The van der Waals surface area contributed by atoms with Gasteiger partial charge in [0.2, 0.25) is 0 Å². The van der Waals surface area contributed by atoms with Crippen LogP contribution in [-0.2, 0) is 19.4 Å². The molecule has 5 nitrogen and oxygen atoms in total. The van der Waals surface area contributed by atoms with Crippen molar-refractivity contribution in [3.8, 4) is 0 Å². The molecule has 2 atom stereocenters. The van der Waals surface area contributed by atoms with Gasteiger partial charge in [0.05, 0.1) is 17.5 Å². The van der Waals surface area contributed by atoms with Crippen LogP contribution in [0.4, 0.5) is 5.69 Å². The van der Waals surface area contributed by atoms with Crippen LogP contribution in [0.2, 0.25) is 0 Å². The summed E-state index contributed by atoms with van der Waals surface area (Å²) in [7, 11) is -3.16. The molecule has 0 spiro atoms. The Kier molecular flexibility index (Phi) is 3.80. The van der Waals surface area contributed by atoms with Crippen molar-refractivity contribution in [1.82, 2.24) is 0 Å². The zero-order chi connectivity index (χ0) is 14.0. The lowest BCUT2D eigenvalue weighted by atomic mass is 10.1. The molecule has 0 bridgehead atoms. The highest BCUT2D eigenvalue weighted by atomic mass is 32.2. The minimum Gasteiger partial charge on any atom is -0.459 e. The molecule has 104 valence electrons. The molecule has 1 heterocycles. The van der Waals surface area contributed by atoms with E-state index in [2.05, 4.69) is 5.32 Å². The first-order valence-corrected chi connectivity index (χ1v) is 7.89. The van der Waals surface area contributed by atoms with Crippen molar-refractivity contribution >= 4 is 21.5 Å². The fraction of sp³-hybridized carbons (Fsp3) is 0.462. The average molecular weight is 283 g/mol. The molecule has 2 unspecified atom stereocenters. The Bertz CT molecular complexity index is 582. The van der Waals surface area contributed by atoms with Crippen LogP contribution in [-0.4, -0.2) is 38.0 Å². The van der Waals surface area contributed by atoms with Gasteiger partial charge in [-0.25, -0.2) is 8.42 Å². The summed E-state index contributed by atoms with van der Waals surface area (Å²) in [5, 5.41) is 3.14. The SMILES string of the molecule is CC(=O)OC1CS(=O)(=O)CC1Nc1cccc(C)c1. The molecule has 0 radical (unpaired) electrons. The van der Waals surface area contributed by atoms with Crippen LogP contribution in [0.1, 0.15) is 12.5 Å². The van der Waals surface area contributed by atoms with Gasteiger partial charge in [0.1, 0.15) is 6.10 Å². The molecule has 1 aliphatic rings. The Labute approximate surface area is 112 Å². The second-order valence-corrected chi connectivity index (χ2v) is 7.00. The maximum absolute atomic E-state index is 11.7. The fourth-order valence-electron chi connectivity index (χ4n) is 2.23. The van der Waals surface area contributed by atoms with Crippen LogP contribution >= 0.6 is 0 Å². The van der Waals surface area contributed by atoms with E-state index < -0.39 is 28.0 Å². The van der Waals surface area contributed by atoms with Gasteiger partial charge >= 0.3 is 5.97 Å². The monoisotopic (exact) mass is 283 g/mol. The highest BCUT2D eigenvalue weighted by Gasteiger charge is 2.39. The van der Waals surface area contributed by atoms with E-state index >= 15 is 0 Å². The molecule has 0 amide bonds. The van der Waals surface area contributed by atoms with Gasteiger partial charge in [0, 0.05) is 12.6 Å². The van der Waals surface area contributed by atoms with Gasteiger partial charge < -0.3 is 10.1 Å². The van der Waals surface area contributed by atoms with Crippen molar-refractivity contribution in [3.63, 3.8) is 0 Å². The average Bonchev–Trinajstić information content (AvgIpc) is 2.52. The predicted octanol–water partition coefficient (Wildman–Crippen LogP) is 1.14. The lowest BCUT2D eigenvalue weighted by molar-refractivity contribution is -0.145. The number of nitrogens with one attached hydrogen (secondary N) is 1. The van der Waals surface area contributed by atoms with Crippen LogP contribution < -0.4 is 5.32 Å². The number of hydrogen-bond acceptors (Lipinski definition) is 5. The summed E-state index contributed by atoms with van der Waals surface area (Å²) in [5.41, 5.74) is 1.91. The number of anilines is 1. The molecule has 6 heteroatoms. The molecule has 1 N–H and O–H groups in total. The van der Waals surface area contributed by atoms with Crippen molar-refractivity contribution in [2.75, 3.05) is 16.8 Å². The van der Waals surface area contributed by atoms with E-state index in [-0.39, 0.29) is 11.5 Å². The third-order valence-electron chi connectivity index (χ3n) is 2.99. The van der Waals surface area contributed by atoms with Crippen LogP contribution in [0.3, 0.4) is 0 Å². The molecule has 1 saturated heterocycles. The highest BCUT2D eigenvalue weighted by Crippen LogP contribution is 2.21. The molecule has 19 heavy (non-hydrogen) atoms. The van der Waals surface area contributed by atoms with Gasteiger partial charge in [-0.15, -0.1) is 0 Å². The molecule has 0 aliphatic carbocycles. The topological polar surface area (TPSA) is 72.5 Å². The molecule has 1 aliphatic heterocycles. The molecular formula is C13H17NO4S. The van der Waals surface area contributed by atoms with Crippen molar-refractivity contribution in [3.05, 3.63) is 29.8 Å². The quantitative estimate of drug-likeness (QED) is 0.842. The van der Waals surface area contributed by atoms with Crippen molar-refractivity contribution in [2.24, 2.45) is 0 Å². The van der Waals surface area contributed by atoms with Gasteiger partial charge in [-0.05, 0) is 24.6 Å². The Morgan fingerprint density at radius 1 is 1.37 bits per heavy atom. The van der Waals surface area contributed by atoms with E-state index in [0.29, 0.717) is 0 Å². The van der Waals surface area contributed by atoms with Gasteiger partial charge in [-0.3, -0.25) is 4.79 Å². The van der Waals surface area contributed by atoms with E-state index in [4.69, 9.17) is 4.74 Å². The lowest BCUT2D eigenvalue weighted by Gasteiger charge is -2.20. The van der Waals surface area contributed by atoms with E-state index in [9.17, 15) is 13.2 Å². The molecule has 0 saturated carbocycles. The number of sulfone groups is 1. The smallest absolute Gasteiger partial charge is 0.303 e. The third kappa shape index (κ3) is 3.70. The molecular weight excluding hydrogens is 266 g/mol. The fourth-order valence-corrected chi connectivity index (χ4v) is 4.01. The van der Waals surface area contributed by atoms with Gasteiger partial charge in [-0.1, -0.05) is 12.1 Å². The molecule has 1 aromatic rings. The van der Waals surface area contributed by atoms with Gasteiger partial charge in [0.25, 0.3) is 0 Å².